The van der Waals surface area contributed by atoms with E-state index in [9.17, 15) is 14.7 Å². The van der Waals surface area contributed by atoms with Crippen molar-refractivity contribution in [3.05, 3.63) is 45.7 Å². The van der Waals surface area contributed by atoms with Crippen molar-refractivity contribution >= 4 is 23.7 Å². The fourth-order valence-electron chi connectivity index (χ4n) is 3.00. The van der Waals surface area contributed by atoms with Crippen LogP contribution >= 0.6 is 11.6 Å². The van der Waals surface area contributed by atoms with Crippen LogP contribution < -0.4 is 0 Å². The lowest BCUT2D eigenvalue weighted by molar-refractivity contribution is -0.114. The number of carbonyl (C=O) groups excluding carboxylic acids is 2. The summed E-state index contributed by atoms with van der Waals surface area (Å²) in [6, 6.07) is 3.87. The summed E-state index contributed by atoms with van der Waals surface area (Å²) in [6.45, 7) is 3.91. The number of carbonyl (C=O) groups is 2. The molecule has 0 heterocycles. The smallest absolute Gasteiger partial charge is 0.159 e. The summed E-state index contributed by atoms with van der Waals surface area (Å²) in [5.41, 5.74) is 2.91. The number of hydrogen-bond acceptors (Lipinski definition) is 3. The van der Waals surface area contributed by atoms with Crippen molar-refractivity contribution < 1.29 is 14.7 Å². The third-order valence-electron chi connectivity index (χ3n) is 4.02. The molecule has 2 unspecified atom stereocenters. The fourth-order valence-corrected chi connectivity index (χ4v) is 3.46. The third kappa shape index (κ3) is 3.53. The molecular formula is C17H19ClO3. The van der Waals surface area contributed by atoms with Crippen LogP contribution in [0.2, 0.25) is 5.02 Å². The standard InChI is InChI=1S/C17H19ClO3/c1-10-5-11(2)17(15(18)6-10)13(9-19)4-3-12-7-14(20)8-16(12)21/h5-6,8-9,12-13,21H,3-4,7H2,1-2H3. The van der Waals surface area contributed by atoms with Gasteiger partial charge in [-0.15, -0.1) is 0 Å². The Kier molecular flexibility index (Phi) is 4.84. The average molecular weight is 307 g/mol. The fraction of sp³-hybridized carbons (Fsp3) is 0.412. The topological polar surface area (TPSA) is 54.4 Å². The zero-order valence-corrected chi connectivity index (χ0v) is 13.0. The molecule has 0 radical (unpaired) electrons. The van der Waals surface area contributed by atoms with Crippen LogP contribution in [0.3, 0.4) is 0 Å². The predicted octanol–water partition coefficient (Wildman–Crippen LogP) is 4.05. The molecule has 0 bridgehead atoms. The number of halogens is 1. The predicted molar refractivity (Wildman–Crippen MR) is 82.8 cm³/mol. The molecule has 0 spiro atoms. The van der Waals surface area contributed by atoms with E-state index in [1.807, 2.05) is 26.0 Å². The Bertz CT molecular complexity index is 581. The SMILES string of the molecule is Cc1cc(C)c(C(C=O)CCC2CC(=O)C=C2O)c(Cl)c1. The Balaban J connectivity index is 2.13. The second-order valence-corrected chi connectivity index (χ2v) is 6.14. The minimum atomic E-state index is -0.304. The van der Waals surface area contributed by atoms with E-state index < -0.39 is 0 Å². The molecular weight excluding hydrogens is 288 g/mol. The van der Waals surface area contributed by atoms with E-state index in [1.165, 1.54) is 6.08 Å². The van der Waals surface area contributed by atoms with E-state index in [2.05, 4.69) is 0 Å². The first-order valence-electron chi connectivity index (χ1n) is 7.07. The molecule has 2 rings (SSSR count). The molecule has 4 heteroatoms. The number of allylic oxidation sites excluding steroid dienone is 2. The maximum absolute atomic E-state index is 11.4. The molecule has 0 amide bonds. The lowest BCUT2D eigenvalue weighted by Gasteiger charge is -2.18. The van der Waals surface area contributed by atoms with E-state index in [0.29, 0.717) is 24.3 Å². The molecule has 0 saturated carbocycles. The first-order valence-corrected chi connectivity index (χ1v) is 7.45. The molecule has 1 aliphatic carbocycles. The number of aliphatic hydroxyl groups is 1. The summed E-state index contributed by atoms with van der Waals surface area (Å²) >= 11 is 6.28. The zero-order chi connectivity index (χ0) is 15.6. The van der Waals surface area contributed by atoms with Crippen LogP contribution in [0.1, 0.15) is 41.9 Å². The van der Waals surface area contributed by atoms with Gasteiger partial charge in [-0.2, -0.15) is 0 Å². The Labute approximate surface area is 129 Å². The van der Waals surface area contributed by atoms with Crippen LogP contribution in [0, 0.1) is 19.8 Å². The number of rotatable bonds is 5. The minimum Gasteiger partial charge on any atom is -0.512 e. The Morgan fingerprint density at radius 2 is 2.14 bits per heavy atom. The highest BCUT2D eigenvalue weighted by Crippen LogP contribution is 2.34. The third-order valence-corrected chi connectivity index (χ3v) is 4.33. The number of aliphatic hydroxyl groups excluding tert-OH is 1. The maximum Gasteiger partial charge on any atom is 0.159 e. The summed E-state index contributed by atoms with van der Waals surface area (Å²) in [5, 5.41) is 10.3. The van der Waals surface area contributed by atoms with E-state index in [4.69, 9.17) is 11.6 Å². The van der Waals surface area contributed by atoms with Crippen LogP contribution in [0.15, 0.2) is 24.0 Å². The lowest BCUT2D eigenvalue weighted by Crippen LogP contribution is -2.08. The summed E-state index contributed by atoms with van der Waals surface area (Å²) in [7, 11) is 0. The van der Waals surface area contributed by atoms with Gasteiger partial charge >= 0.3 is 0 Å². The molecule has 3 nitrogen and oxygen atoms in total. The molecule has 1 aromatic carbocycles. The van der Waals surface area contributed by atoms with Gasteiger partial charge in [-0.05, 0) is 49.4 Å². The highest BCUT2D eigenvalue weighted by molar-refractivity contribution is 6.31. The van der Waals surface area contributed by atoms with Crippen molar-refractivity contribution in [1.29, 1.82) is 0 Å². The van der Waals surface area contributed by atoms with Crippen molar-refractivity contribution in [2.75, 3.05) is 0 Å². The van der Waals surface area contributed by atoms with Crippen molar-refractivity contribution in [2.24, 2.45) is 5.92 Å². The van der Waals surface area contributed by atoms with E-state index in [-0.39, 0.29) is 23.4 Å². The van der Waals surface area contributed by atoms with Crippen molar-refractivity contribution in [3.63, 3.8) is 0 Å². The Morgan fingerprint density at radius 3 is 2.67 bits per heavy atom. The van der Waals surface area contributed by atoms with Gasteiger partial charge < -0.3 is 9.90 Å². The molecule has 2 atom stereocenters. The van der Waals surface area contributed by atoms with Crippen LogP contribution in [-0.2, 0) is 9.59 Å². The molecule has 0 aromatic heterocycles. The van der Waals surface area contributed by atoms with Gasteiger partial charge in [0.25, 0.3) is 0 Å². The molecule has 1 N–H and O–H groups in total. The number of benzene rings is 1. The van der Waals surface area contributed by atoms with E-state index in [0.717, 1.165) is 23.0 Å². The van der Waals surface area contributed by atoms with E-state index in [1.54, 1.807) is 0 Å². The van der Waals surface area contributed by atoms with Crippen LogP contribution in [0.25, 0.3) is 0 Å². The molecule has 21 heavy (non-hydrogen) atoms. The maximum atomic E-state index is 11.4. The monoisotopic (exact) mass is 306 g/mol. The van der Waals surface area contributed by atoms with Crippen molar-refractivity contribution in [1.82, 2.24) is 0 Å². The van der Waals surface area contributed by atoms with Gasteiger partial charge in [0.1, 0.15) is 6.29 Å². The first-order chi connectivity index (χ1) is 9.92. The first kappa shape index (κ1) is 15.8. The van der Waals surface area contributed by atoms with Crippen LogP contribution in [0.4, 0.5) is 0 Å². The molecule has 0 saturated heterocycles. The van der Waals surface area contributed by atoms with Crippen LogP contribution in [-0.4, -0.2) is 17.2 Å². The number of ketones is 1. The second-order valence-electron chi connectivity index (χ2n) is 5.73. The van der Waals surface area contributed by atoms with Gasteiger partial charge in [0, 0.05) is 29.4 Å². The van der Waals surface area contributed by atoms with E-state index >= 15 is 0 Å². The molecule has 112 valence electrons. The lowest BCUT2D eigenvalue weighted by atomic mass is 9.87. The number of hydrogen-bond donors (Lipinski definition) is 1. The summed E-state index contributed by atoms with van der Waals surface area (Å²) in [4.78, 5) is 22.7. The van der Waals surface area contributed by atoms with Gasteiger partial charge in [-0.25, -0.2) is 0 Å². The summed E-state index contributed by atoms with van der Waals surface area (Å²) < 4.78 is 0. The van der Waals surface area contributed by atoms with Gasteiger partial charge in [0.05, 0.1) is 5.76 Å². The molecule has 1 aromatic rings. The second kappa shape index (κ2) is 6.44. The normalized spacial score (nSPS) is 19.5. The molecule has 0 fully saturated rings. The summed E-state index contributed by atoms with van der Waals surface area (Å²) in [6.07, 6.45) is 3.69. The summed E-state index contributed by atoms with van der Waals surface area (Å²) in [5.74, 6) is -0.382. The van der Waals surface area contributed by atoms with Gasteiger partial charge in [0.15, 0.2) is 5.78 Å². The number of aldehydes is 1. The highest BCUT2D eigenvalue weighted by atomic mass is 35.5. The van der Waals surface area contributed by atoms with Gasteiger partial charge in [-0.3, -0.25) is 4.79 Å². The largest absolute Gasteiger partial charge is 0.512 e. The minimum absolute atomic E-state index is 0.0512. The van der Waals surface area contributed by atoms with Gasteiger partial charge in [-0.1, -0.05) is 17.7 Å². The Hall–Kier alpha value is -1.61. The quantitative estimate of drug-likeness (QED) is 0.835. The van der Waals surface area contributed by atoms with Gasteiger partial charge in [0.2, 0.25) is 0 Å². The average Bonchev–Trinajstić information content (AvgIpc) is 2.70. The van der Waals surface area contributed by atoms with Crippen molar-refractivity contribution in [2.45, 2.75) is 39.0 Å². The van der Waals surface area contributed by atoms with Crippen LogP contribution in [0.5, 0.6) is 0 Å². The van der Waals surface area contributed by atoms with Crippen molar-refractivity contribution in [3.8, 4) is 0 Å². The molecule has 1 aliphatic rings. The zero-order valence-electron chi connectivity index (χ0n) is 12.2. The Morgan fingerprint density at radius 1 is 1.43 bits per heavy atom. The number of aryl methyl sites for hydroxylation is 2. The molecule has 0 aliphatic heterocycles. The highest BCUT2D eigenvalue weighted by Gasteiger charge is 2.26.